The molecule has 0 aliphatic carbocycles. The fraction of sp³-hybridized carbons (Fsp3) is 0.115. The Morgan fingerprint density at radius 3 is 2.41 bits per heavy atom. The maximum atomic E-state index is 5.67. The molecule has 0 radical (unpaired) electrons. The van der Waals surface area contributed by atoms with Crippen LogP contribution in [0.2, 0.25) is 0 Å². The van der Waals surface area contributed by atoms with E-state index in [0.717, 1.165) is 28.1 Å². The van der Waals surface area contributed by atoms with Gasteiger partial charge in [0.2, 0.25) is 5.76 Å². The molecule has 0 amide bonds. The Labute approximate surface area is 171 Å². The summed E-state index contributed by atoms with van der Waals surface area (Å²) in [6.07, 6.45) is 0.710. The summed E-state index contributed by atoms with van der Waals surface area (Å²) in [6, 6.07) is 26.2. The van der Waals surface area contributed by atoms with Crippen LogP contribution in [0.4, 0.5) is 0 Å². The summed E-state index contributed by atoms with van der Waals surface area (Å²) in [5.41, 5.74) is 6.19. The van der Waals surface area contributed by atoms with Crippen LogP contribution in [0.25, 0.3) is 11.3 Å². The molecule has 0 aliphatic rings. The van der Waals surface area contributed by atoms with Crippen LogP contribution < -0.4 is 4.74 Å². The van der Waals surface area contributed by atoms with Gasteiger partial charge in [-0.25, -0.2) is 0 Å². The topological polar surface area (TPSA) is 35.3 Å². The molecule has 0 unspecified atom stereocenters. The lowest BCUT2D eigenvalue weighted by Gasteiger charge is -2.04. The van der Waals surface area contributed by atoms with E-state index in [-0.39, 0.29) is 0 Å². The molecule has 0 saturated carbocycles. The Morgan fingerprint density at radius 2 is 1.69 bits per heavy atom. The van der Waals surface area contributed by atoms with Crippen molar-refractivity contribution in [2.75, 3.05) is 7.11 Å². The quantitative estimate of drug-likeness (QED) is 0.430. The van der Waals surface area contributed by atoms with E-state index in [0.29, 0.717) is 12.2 Å². The molecule has 4 rings (SSSR count). The van der Waals surface area contributed by atoms with Gasteiger partial charge in [-0.1, -0.05) is 71.2 Å². The molecule has 0 spiro atoms. The van der Waals surface area contributed by atoms with Crippen molar-refractivity contribution in [1.29, 1.82) is 0 Å². The molecular weight excluding hydrogens is 358 g/mol. The van der Waals surface area contributed by atoms with E-state index in [4.69, 9.17) is 9.26 Å². The second kappa shape index (κ2) is 8.50. The number of aryl methyl sites for hydroxylation is 1. The van der Waals surface area contributed by atoms with E-state index < -0.39 is 0 Å². The molecule has 3 aromatic carbocycles. The minimum atomic E-state index is 0.598. The number of ether oxygens (including phenoxy) is 1. The summed E-state index contributed by atoms with van der Waals surface area (Å²) in [5.74, 6) is 7.75. The van der Waals surface area contributed by atoms with Gasteiger partial charge in [-0.3, -0.25) is 0 Å². The van der Waals surface area contributed by atoms with Gasteiger partial charge in [0.15, 0.2) is 0 Å². The Balaban J connectivity index is 1.73. The van der Waals surface area contributed by atoms with Gasteiger partial charge in [-0.15, -0.1) is 0 Å². The van der Waals surface area contributed by atoms with Crippen molar-refractivity contribution < 1.29 is 9.26 Å². The number of hydrogen-bond donors (Lipinski definition) is 0. The zero-order chi connectivity index (χ0) is 20.1. The van der Waals surface area contributed by atoms with Crippen molar-refractivity contribution in [3.05, 3.63) is 107 Å². The van der Waals surface area contributed by atoms with E-state index >= 15 is 0 Å². The zero-order valence-electron chi connectivity index (χ0n) is 16.5. The Bertz CT molecular complexity index is 1160. The molecule has 142 valence electrons. The van der Waals surface area contributed by atoms with Crippen LogP contribution in [0.1, 0.15) is 28.0 Å². The first-order chi connectivity index (χ1) is 14.2. The number of methoxy groups -OCH3 is 1. The number of rotatable bonds is 4. The van der Waals surface area contributed by atoms with Crippen LogP contribution in [0.15, 0.2) is 83.4 Å². The Hall–Kier alpha value is -3.77. The minimum Gasteiger partial charge on any atom is -0.497 e. The van der Waals surface area contributed by atoms with Gasteiger partial charge >= 0.3 is 0 Å². The predicted octanol–water partition coefficient (Wildman–Crippen LogP) is 5.65. The van der Waals surface area contributed by atoms with Crippen LogP contribution in [-0.2, 0) is 6.42 Å². The first-order valence-electron chi connectivity index (χ1n) is 9.48. The maximum Gasteiger partial charge on any atom is 0.214 e. The monoisotopic (exact) mass is 379 g/mol. The number of hydrogen-bond acceptors (Lipinski definition) is 3. The van der Waals surface area contributed by atoms with Crippen molar-refractivity contribution in [3.63, 3.8) is 0 Å². The lowest BCUT2D eigenvalue weighted by atomic mass is 9.98. The van der Waals surface area contributed by atoms with Gasteiger partial charge in [0.1, 0.15) is 11.4 Å². The SMILES string of the molecule is COc1ccc(C#Cc2onc(-c3ccccc3)c2Cc2cccc(C)c2)cc1. The summed E-state index contributed by atoms with van der Waals surface area (Å²) < 4.78 is 10.9. The molecule has 0 N–H and O–H groups in total. The third-order valence-electron chi connectivity index (χ3n) is 4.71. The Morgan fingerprint density at radius 1 is 0.897 bits per heavy atom. The highest BCUT2D eigenvalue weighted by molar-refractivity contribution is 5.66. The molecule has 3 heteroatoms. The second-order valence-corrected chi connectivity index (χ2v) is 6.85. The molecule has 1 aromatic heterocycles. The Kier molecular flexibility index (Phi) is 5.45. The predicted molar refractivity (Wildman–Crippen MR) is 115 cm³/mol. The van der Waals surface area contributed by atoms with Crippen LogP contribution in [-0.4, -0.2) is 12.3 Å². The van der Waals surface area contributed by atoms with E-state index in [9.17, 15) is 0 Å². The van der Waals surface area contributed by atoms with Crippen molar-refractivity contribution >= 4 is 0 Å². The second-order valence-electron chi connectivity index (χ2n) is 6.85. The fourth-order valence-corrected chi connectivity index (χ4v) is 3.22. The van der Waals surface area contributed by atoms with Crippen molar-refractivity contribution in [2.24, 2.45) is 0 Å². The smallest absolute Gasteiger partial charge is 0.214 e. The minimum absolute atomic E-state index is 0.598. The number of benzene rings is 3. The van der Waals surface area contributed by atoms with Crippen LogP contribution in [0, 0.1) is 18.8 Å². The van der Waals surface area contributed by atoms with Crippen LogP contribution in [0.3, 0.4) is 0 Å². The molecule has 0 atom stereocenters. The van der Waals surface area contributed by atoms with E-state index in [1.54, 1.807) is 7.11 Å². The van der Waals surface area contributed by atoms with Crippen molar-refractivity contribution in [1.82, 2.24) is 5.16 Å². The van der Waals surface area contributed by atoms with Crippen molar-refractivity contribution in [3.8, 4) is 28.8 Å². The first kappa shape index (κ1) is 18.6. The molecule has 3 nitrogen and oxygen atoms in total. The van der Waals surface area contributed by atoms with Crippen LogP contribution >= 0.6 is 0 Å². The highest BCUT2D eigenvalue weighted by Crippen LogP contribution is 2.27. The van der Waals surface area contributed by atoms with Gasteiger partial charge in [-0.2, -0.15) is 0 Å². The molecule has 0 saturated heterocycles. The fourth-order valence-electron chi connectivity index (χ4n) is 3.22. The van der Waals surface area contributed by atoms with Crippen molar-refractivity contribution in [2.45, 2.75) is 13.3 Å². The molecule has 29 heavy (non-hydrogen) atoms. The lowest BCUT2D eigenvalue weighted by molar-refractivity contribution is 0.412. The molecule has 4 aromatic rings. The summed E-state index contributed by atoms with van der Waals surface area (Å²) in [5, 5.41) is 4.35. The number of aromatic nitrogens is 1. The van der Waals surface area contributed by atoms with E-state index in [2.05, 4.69) is 48.2 Å². The first-order valence-corrected chi connectivity index (χ1v) is 9.48. The molecule has 0 bridgehead atoms. The summed E-state index contributed by atoms with van der Waals surface area (Å²) >= 11 is 0. The van der Waals surface area contributed by atoms with Gasteiger partial charge in [0.25, 0.3) is 0 Å². The van der Waals surface area contributed by atoms with Gasteiger partial charge in [-0.05, 0) is 42.7 Å². The average Bonchev–Trinajstić information content (AvgIpc) is 3.15. The van der Waals surface area contributed by atoms with Gasteiger partial charge in [0, 0.05) is 23.1 Å². The highest BCUT2D eigenvalue weighted by atomic mass is 16.5. The number of nitrogens with zero attached hydrogens (tertiary/aromatic N) is 1. The third-order valence-corrected chi connectivity index (χ3v) is 4.71. The van der Waals surface area contributed by atoms with Crippen LogP contribution in [0.5, 0.6) is 5.75 Å². The van der Waals surface area contributed by atoms with E-state index in [1.165, 1.54) is 11.1 Å². The largest absolute Gasteiger partial charge is 0.497 e. The lowest BCUT2D eigenvalue weighted by Crippen LogP contribution is -1.93. The summed E-state index contributed by atoms with van der Waals surface area (Å²) in [6.45, 7) is 2.10. The van der Waals surface area contributed by atoms with Gasteiger partial charge in [0.05, 0.1) is 7.11 Å². The van der Waals surface area contributed by atoms with Gasteiger partial charge < -0.3 is 9.26 Å². The zero-order valence-corrected chi connectivity index (χ0v) is 16.5. The molecule has 0 aliphatic heterocycles. The van der Waals surface area contributed by atoms with E-state index in [1.807, 2.05) is 54.6 Å². The molecular formula is C26H21NO2. The normalized spacial score (nSPS) is 10.3. The highest BCUT2D eigenvalue weighted by Gasteiger charge is 2.17. The molecule has 1 heterocycles. The maximum absolute atomic E-state index is 5.67. The summed E-state index contributed by atoms with van der Waals surface area (Å²) in [7, 11) is 1.65. The molecule has 0 fully saturated rings. The standard InChI is InChI=1S/C26H21NO2/c1-19-7-6-8-21(17-19)18-24-25(16-13-20-11-14-23(28-2)15-12-20)29-27-26(24)22-9-4-3-5-10-22/h3-12,14-15,17H,18H2,1-2H3. The third kappa shape index (κ3) is 4.39. The average molecular weight is 379 g/mol. The summed E-state index contributed by atoms with van der Waals surface area (Å²) in [4.78, 5) is 0.